The Hall–Kier alpha value is -2.67. The second kappa shape index (κ2) is 9.22. The molecular weight excluding hydrogens is 386 g/mol. The highest BCUT2D eigenvalue weighted by atomic mass is 32.2. The lowest BCUT2D eigenvalue weighted by atomic mass is 10.1. The van der Waals surface area contributed by atoms with E-state index in [0.717, 1.165) is 11.1 Å². The van der Waals surface area contributed by atoms with Crippen molar-refractivity contribution in [2.75, 3.05) is 6.54 Å². The van der Waals surface area contributed by atoms with Crippen LogP contribution in [0, 0.1) is 6.92 Å². The fourth-order valence-electron chi connectivity index (χ4n) is 2.89. The van der Waals surface area contributed by atoms with Crippen LogP contribution in [-0.4, -0.2) is 20.1 Å². The van der Waals surface area contributed by atoms with Crippen LogP contribution < -0.4 is 9.50 Å². The standard InChI is InChI=1S/C23H25NO4S/c1-17-8-14-22(15-9-17)29(26,27)28-21-12-10-20(11-13-21)23(25)16-24-18(2)19-6-4-3-5-7-19/h3-15,18,23-25H,16H2,1-2H3/t18-,23-/m1/s1. The molecule has 0 fully saturated rings. The Kier molecular flexibility index (Phi) is 6.69. The molecule has 5 nitrogen and oxygen atoms in total. The van der Waals surface area contributed by atoms with Crippen molar-refractivity contribution in [3.8, 4) is 5.75 Å². The van der Waals surface area contributed by atoms with Gasteiger partial charge in [0.1, 0.15) is 10.6 Å². The van der Waals surface area contributed by atoms with E-state index < -0.39 is 16.2 Å². The molecule has 0 heterocycles. The smallest absolute Gasteiger partial charge is 0.339 e. The van der Waals surface area contributed by atoms with Crippen LogP contribution in [-0.2, 0) is 10.1 Å². The molecule has 0 aliphatic heterocycles. The number of aliphatic hydroxyl groups is 1. The van der Waals surface area contributed by atoms with E-state index in [1.807, 2.05) is 44.2 Å². The molecule has 0 spiro atoms. The van der Waals surface area contributed by atoms with Gasteiger partial charge < -0.3 is 14.6 Å². The Labute approximate surface area is 172 Å². The van der Waals surface area contributed by atoms with Crippen LogP contribution in [0.5, 0.6) is 5.75 Å². The van der Waals surface area contributed by atoms with E-state index in [1.54, 1.807) is 36.4 Å². The van der Waals surface area contributed by atoms with Crippen LogP contribution in [0.25, 0.3) is 0 Å². The maximum Gasteiger partial charge on any atom is 0.339 e. The van der Waals surface area contributed by atoms with Gasteiger partial charge in [-0.3, -0.25) is 0 Å². The third kappa shape index (κ3) is 5.67. The summed E-state index contributed by atoms with van der Waals surface area (Å²) >= 11 is 0. The van der Waals surface area contributed by atoms with Crippen molar-refractivity contribution in [2.24, 2.45) is 0 Å². The lowest BCUT2D eigenvalue weighted by Gasteiger charge is -2.18. The normalized spacial score (nSPS) is 13.6. The summed E-state index contributed by atoms with van der Waals surface area (Å²) in [5.74, 6) is 0.201. The monoisotopic (exact) mass is 411 g/mol. The molecular formula is C23H25NO4S. The molecule has 0 unspecified atom stereocenters. The first-order valence-corrected chi connectivity index (χ1v) is 10.8. The molecule has 2 atom stereocenters. The molecule has 2 N–H and O–H groups in total. The minimum Gasteiger partial charge on any atom is -0.387 e. The second-order valence-electron chi connectivity index (χ2n) is 6.98. The topological polar surface area (TPSA) is 75.6 Å². The Morgan fingerprint density at radius 1 is 0.897 bits per heavy atom. The molecule has 0 bridgehead atoms. The molecule has 152 valence electrons. The largest absolute Gasteiger partial charge is 0.387 e. The van der Waals surface area contributed by atoms with Crippen LogP contribution in [0.1, 0.15) is 35.8 Å². The molecule has 3 aromatic carbocycles. The number of benzene rings is 3. The number of hydrogen-bond donors (Lipinski definition) is 2. The lowest BCUT2D eigenvalue weighted by Crippen LogP contribution is -2.24. The molecule has 6 heteroatoms. The number of aliphatic hydroxyl groups excluding tert-OH is 1. The number of rotatable bonds is 8. The predicted octanol–water partition coefficient (Wildman–Crippen LogP) is 4.15. The van der Waals surface area contributed by atoms with E-state index in [0.29, 0.717) is 12.1 Å². The fraction of sp³-hybridized carbons (Fsp3) is 0.217. The molecule has 3 rings (SSSR count). The maximum absolute atomic E-state index is 12.4. The molecule has 0 aliphatic rings. The van der Waals surface area contributed by atoms with E-state index >= 15 is 0 Å². The van der Waals surface area contributed by atoms with E-state index in [-0.39, 0.29) is 16.7 Å². The van der Waals surface area contributed by atoms with Gasteiger partial charge in [-0.2, -0.15) is 8.42 Å². The van der Waals surface area contributed by atoms with Gasteiger partial charge in [-0.1, -0.05) is 60.2 Å². The molecule has 0 radical (unpaired) electrons. The zero-order chi connectivity index (χ0) is 20.9. The summed E-state index contributed by atoms with van der Waals surface area (Å²) in [6.45, 7) is 4.30. The van der Waals surface area contributed by atoms with Gasteiger partial charge in [-0.05, 0) is 49.2 Å². The molecule has 0 amide bonds. The summed E-state index contributed by atoms with van der Waals surface area (Å²) in [7, 11) is -3.89. The minimum absolute atomic E-state index is 0.103. The molecule has 0 aliphatic carbocycles. The first kappa shape index (κ1) is 21.0. The lowest BCUT2D eigenvalue weighted by molar-refractivity contribution is 0.171. The van der Waals surface area contributed by atoms with Gasteiger partial charge >= 0.3 is 10.1 Å². The highest BCUT2D eigenvalue weighted by Crippen LogP contribution is 2.22. The number of nitrogens with one attached hydrogen (secondary N) is 1. The molecule has 3 aromatic rings. The average Bonchev–Trinajstić information content (AvgIpc) is 2.73. The average molecular weight is 412 g/mol. The van der Waals surface area contributed by atoms with Gasteiger partial charge in [0.05, 0.1) is 6.10 Å². The van der Waals surface area contributed by atoms with Gasteiger partial charge in [-0.25, -0.2) is 0 Å². The number of aryl methyl sites for hydroxylation is 1. The van der Waals surface area contributed by atoms with E-state index in [2.05, 4.69) is 5.32 Å². The van der Waals surface area contributed by atoms with E-state index in [1.165, 1.54) is 12.1 Å². The highest BCUT2D eigenvalue weighted by Gasteiger charge is 2.17. The molecule has 0 saturated carbocycles. The minimum atomic E-state index is -3.89. The van der Waals surface area contributed by atoms with Crippen molar-refractivity contribution in [3.05, 3.63) is 95.6 Å². The molecule has 0 aromatic heterocycles. The predicted molar refractivity (Wildman–Crippen MR) is 113 cm³/mol. The van der Waals surface area contributed by atoms with Gasteiger partial charge in [0.25, 0.3) is 0 Å². The van der Waals surface area contributed by atoms with Gasteiger partial charge in [0.2, 0.25) is 0 Å². The Balaban J connectivity index is 1.60. The summed E-state index contributed by atoms with van der Waals surface area (Å²) in [5, 5.41) is 13.7. The summed E-state index contributed by atoms with van der Waals surface area (Å²) in [4.78, 5) is 0.103. The zero-order valence-corrected chi connectivity index (χ0v) is 17.3. The SMILES string of the molecule is Cc1ccc(S(=O)(=O)Oc2ccc([C@H](O)CN[C@H](C)c3ccccc3)cc2)cc1. The molecule has 0 saturated heterocycles. The fourth-order valence-corrected chi connectivity index (χ4v) is 3.82. The first-order chi connectivity index (χ1) is 13.8. The number of hydrogen-bond acceptors (Lipinski definition) is 5. The quantitative estimate of drug-likeness (QED) is 0.545. The van der Waals surface area contributed by atoms with Gasteiger partial charge in [0.15, 0.2) is 0 Å². The van der Waals surface area contributed by atoms with Crippen molar-refractivity contribution in [1.82, 2.24) is 5.32 Å². The third-order valence-corrected chi connectivity index (χ3v) is 5.96. The van der Waals surface area contributed by atoms with E-state index in [9.17, 15) is 13.5 Å². The van der Waals surface area contributed by atoms with Gasteiger partial charge in [0, 0.05) is 12.6 Å². The second-order valence-corrected chi connectivity index (χ2v) is 8.52. The molecule has 29 heavy (non-hydrogen) atoms. The Bertz CT molecular complexity index is 1020. The Morgan fingerprint density at radius 2 is 1.52 bits per heavy atom. The van der Waals surface area contributed by atoms with E-state index in [4.69, 9.17) is 4.18 Å². The van der Waals surface area contributed by atoms with Crippen molar-refractivity contribution in [3.63, 3.8) is 0 Å². The van der Waals surface area contributed by atoms with Crippen molar-refractivity contribution < 1.29 is 17.7 Å². The first-order valence-electron chi connectivity index (χ1n) is 9.43. The maximum atomic E-state index is 12.4. The van der Waals surface area contributed by atoms with Crippen LogP contribution >= 0.6 is 0 Å². The third-order valence-electron chi connectivity index (χ3n) is 4.70. The summed E-state index contributed by atoms with van der Waals surface area (Å²) < 4.78 is 29.9. The highest BCUT2D eigenvalue weighted by molar-refractivity contribution is 7.87. The summed E-state index contributed by atoms with van der Waals surface area (Å²) in [6, 6.07) is 23.0. The van der Waals surface area contributed by atoms with Crippen molar-refractivity contribution in [1.29, 1.82) is 0 Å². The van der Waals surface area contributed by atoms with Crippen LogP contribution in [0.2, 0.25) is 0 Å². The van der Waals surface area contributed by atoms with Gasteiger partial charge in [-0.15, -0.1) is 0 Å². The summed E-state index contributed by atoms with van der Waals surface area (Å²) in [6.07, 6.45) is -0.719. The van der Waals surface area contributed by atoms with Crippen LogP contribution in [0.15, 0.2) is 83.8 Å². The summed E-state index contributed by atoms with van der Waals surface area (Å²) in [5.41, 5.74) is 2.79. The van der Waals surface area contributed by atoms with Crippen LogP contribution in [0.4, 0.5) is 0 Å². The van der Waals surface area contributed by atoms with Crippen molar-refractivity contribution >= 4 is 10.1 Å². The zero-order valence-electron chi connectivity index (χ0n) is 16.4. The van der Waals surface area contributed by atoms with Crippen LogP contribution in [0.3, 0.4) is 0 Å². The Morgan fingerprint density at radius 3 is 2.14 bits per heavy atom. The van der Waals surface area contributed by atoms with Crippen molar-refractivity contribution in [2.45, 2.75) is 30.9 Å².